The highest BCUT2D eigenvalue weighted by atomic mass is 19.4. The number of hydrogen-bond donors (Lipinski definition) is 1. The van der Waals surface area contributed by atoms with Gasteiger partial charge in [-0.05, 0) is 25.1 Å². The van der Waals surface area contributed by atoms with Crippen LogP contribution in [0.4, 0.5) is 28.9 Å². The highest BCUT2D eigenvalue weighted by Crippen LogP contribution is 2.37. The van der Waals surface area contributed by atoms with E-state index in [2.05, 4.69) is 0 Å². The van der Waals surface area contributed by atoms with Gasteiger partial charge in [-0.15, -0.1) is 0 Å². The van der Waals surface area contributed by atoms with E-state index in [1.54, 1.807) is 0 Å². The van der Waals surface area contributed by atoms with Crippen LogP contribution < -0.4 is 5.32 Å². The van der Waals surface area contributed by atoms with Gasteiger partial charge in [0.25, 0.3) is 11.6 Å². The number of non-ortho nitro benzene ring substituents is 1. The lowest BCUT2D eigenvalue weighted by Crippen LogP contribution is -2.30. The Labute approximate surface area is 167 Å². The number of ether oxygens (including phenoxy) is 1. The van der Waals surface area contributed by atoms with Crippen LogP contribution in [0.5, 0.6) is 0 Å². The summed E-state index contributed by atoms with van der Waals surface area (Å²) in [6.45, 7) is 1.11. The normalized spacial score (nSPS) is 12.4. The van der Waals surface area contributed by atoms with Crippen molar-refractivity contribution in [3.63, 3.8) is 0 Å². The fourth-order valence-corrected chi connectivity index (χ4v) is 2.26. The quantitative estimate of drug-likeness (QED) is 0.244. The number of halogens is 4. The van der Waals surface area contributed by atoms with E-state index in [9.17, 15) is 37.3 Å². The Morgan fingerprint density at radius 1 is 1.20 bits per heavy atom. The first-order chi connectivity index (χ1) is 14.0. The van der Waals surface area contributed by atoms with Crippen molar-refractivity contribution in [2.24, 2.45) is 0 Å². The summed E-state index contributed by atoms with van der Waals surface area (Å²) >= 11 is 0. The third-order valence-electron chi connectivity index (χ3n) is 3.74. The number of nitro groups is 1. The zero-order valence-electron chi connectivity index (χ0n) is 15.3. The molecule has 2 rings (SSSR count). The van der Waals surface area contributed by atoms with E-state index >= 15 is 0 Å². The maximum atomic E-state index is 13.5. The van der Waals surface area contributed by atoms with Gasteiger partial charge in [0.05, 0.1) is 16.2 Å². The molecule has 0 aliphatic carbocycles. The minimum absolute atomic E-state index is 0.0900. The molecule has 0 saturated heterocycles. The van der Waals surface area contributed by atoms with E-state index in [0.717, 1.165) is 31.2 Å². The number of nitrogens with zero attached hydrogens (tertiary/aromatic N) is 1. The molecule has 1 N–H and O–H groups in total. The van der Waals surface area contributed by atoms with E-state index in [1.165, 1.54) is 24.3 Å². The Kier molecular flexibility index (Phi) is 6.88. The number of anilines is 1. The van der Waals surface area contributed by atoms with Gasteiger partial charge in [0, 0.05) is 23.8 Å². The lowest BCUT2D eigenvalue weighted by atomic mass is 10.1. The van der Waals surface area contributed by atoms with Gasteiger partial charge >= 0.3 is 12.1 Å². The second-order valence-electron chi connectivity index (χ2n) is 5.91. The van der Waals surface area contributed by atoms with E-state index in [4.69, 9.17) is 4.74 Å². The van der Waals surface area contributed by atoms with Crippen molar-refractivity contribution in [2.75, 3.05) is 5.32 Å². The molecule has 2 aromatic rings. The molecule has 0 aliphatic heterocycles. The number of alkyl halides is 3. The molecule has 0 spiro atoms. The summed E-state index contributed by atoms with van der Waals surface area (Å²) in [5, 5.41) is 12.6. The zero-order valence-corrected chi connectivity index (χ0v) is 15.3. The van der Waals surface area contributed by atoms with Crippen molar-refractivity contribution >= 4 is 29.3 Å². The summed E-state index contributed by atoms with van der Waals surface area (Å²) in [5.41, 5.74) is -2.88. The maximum Gasteiger partial charge on any atom is 0.418 e. The fourth-order valence-electron chi connectivity index (χ4n) is 2.26. The summed E-state index contributed by atoms with van der Waals surface area (Å²) in [6.07, 6.45) is -4.51. The lowest BCUT2D eigenvalue weighted by molar-refractivity contribution is -0.385. The minimum atomic E-state index is -4.98. The van der Waals surface area contributed by atoms with Crippen LogP contribution >= 0.6 is 0 Å². The SMILES string of the molecule is CC(OC(=O)/C=C/c1ccccc1F)C(=O)Nc1ccc([N+](=O)[O-])cc1C(F)(F)F. The summed E-state index contributed by atoms with van der Waals surface area (Å²) in [4.78, 5) is 33.6. The average molecular weight is 426 g/mol. The smallest absolute Gasteiger partial charge is 0.418 e. The molecule has 1 unspecified atom stereocenters. The van der Waals surface area contributed by atoms with Crippen molar-refractivity contribution in [1.82, 2.24) is 0 Å². The van der Waals surface area contributed by atoms with Gasteiger partial charge in [-0.2, -0.15) is 13.2 Å². The Bertz CT molecular complexity index is 1000. The first-order valence-corrected chi connectivity index (χ1v) is 8.28. The maximum absolute atomic E-state index is 13.5. The molecule has 0 radical (unpaired) electrons. The molecule has 0 fully saturated rings. The highest BCUT2D eigenvalue weighted by Gasteiger charge is 2.36. The summed E-state index contributed by atoms with van der Waals surface area (Å²) in [6, 6.07) is 7.34. The highest BCUT2D eigenvalue weighted by molar-refractivity contribution is 5.97. The first-order valence-electron chi connectivity index (χ1n) is 8.28. The number of carbonyl (C=O) groups is 2. The van der Waals surface area contributed by atoms with Crippen LogP contribution in [0.1, 0.15) is 18.1 Å². The van der Waals surface area contributed by atoms with E-state index < -0.39 is 51.8 Å². The van der Waals surface area contributed by atoms with Gasteiger partial charge in [0.15, 0.2) is 6.10 Å². The Hall–Kier alpha value is -3.76. The molecule has 0 aliphatic rings. The number of amides is 1. The zero-order chi connectivity index (χ0) is 22.5. The molecule has 2 aromatic carbocycles. The molecule has 0 saturated carbocycles. The van der Waals surface area contributed by atoms with Crippen LogP contribution in [0.3, 0.4) is 0 Å². The van der Waals surface area contributed by atoms with Crippen LogP contribution in [-0.2, 0) is 20.5 Å². The summed E-state index contributed by atoms with van der Waals surface area (Å²) in [5.74, 6) is -2.71. The van der Waals surface area contributed by atoms with Gasteiger partial charge in [-0.25, -0.2) is 9.18 Å². The predicted octanol–water partition coefficient (Wildman–Crippen LogP) is 4.34. The van der Waals surface area contributed by atoms with Gasteiger partial charge in [-0.1, -0.05) is 18.2 Å². The van der Waals surface area contributed by atoms with Crippen LogP contribution in [0.2, 0.25) is 0 Å². The average Bonchev–Trinajstić information content (AvgIpc) is 2.66. The number of carbonyl (C=O) groups excluding carboxylic acids is 2. The lowest BCUT2D eigenvalue weighted by Gasteiger charge is -2.16. The standard InChI is InChI=1S/C19H14F4N2O5/c1-11(30-17(26)9-6-12-4-2-3-5-15(12)20)18(27)24-16-8-7-13(25(28)29)10-14(16)19(21,22)23/h2-11H,1H3,(H,24,27)/b9-6+. The predicted molar refractivity (Wildman–Crippen MR) is 97.7 cm³/mol. The number of rotatable bonds is 6. The van der Waals surface area contributed by atoms with Crippen molar-refractivity contribution in [1.29, 1.82) is 0 Å². The van der Waals surface area contributed by atoms with Gasteiger partial charge in [0.1, 0.15) is 5.82 Å². The minimum Gasteiger partial charge on any atom is -0.449 e. The van der Waals surface area contributed by atoms with Gasteiger partial charge in [-0.3, -0.25) is 14.9 Å². The van der Waals surface area contributed by atoms with Gasteiger partial charge < -0.3 is 10.1 Å². The van der Waals surface area contributed by atoms with Crippen molar-refractivity contribution in [2.45, 2.75) is 19.2 Å². The van der Waals surface area contributed by atoms with Crippen LogP contribution in [-0.4, -0.2) is 22.9 Å². The third kappa shape index (κ3) is 5.87. The van der Waals surface area contributed by atoms with Crippen molar-refractivity contribution in [3.05, 3.63) is 75.6 Å². The Balaban J connectivity index is 2.09. The summed E-state index contributed by atoms with van der Waals surface area (Å²) < 4.78 is 57.7. The number of nitrogens with one attached hydrogen (secondary N) is 1. The van der Waals surface area contributed by atoms with E-state index in [-0.39, 0.29) is 11.6 Å². The number of benzene rings is 2. The van der Waals surface area contributed by atoms with Crippen LogP contribution in [0.25, 0.3) is 6.08 Å². The topological polar surface area (TPSA) is 98.5 Å². The first kappa shape index (κ1) is 22.5. The number of nitro benzene ring substituents is 1. The Morgan fingerprint density at radius 2 is 1.87 bits per heavy atom. The summed E-state index contributed by atoms with van der Waals surface area (Å²) in [7, 11) is 0. The molecular weight excluding hydrogens is 412 g/mol. The molecule has 11 heteroatoms. The van der Waals surface area contributed by atoms with Crippen molar-refractivity contribution < 1.29 is 36.8 Å². The molecule has 1 atom stereocenters. The molecule has 7 nitrogen and oxygen atoms in total. The molecule has 1 amide bonds. The molecule has 158 valence electrons. The molecule has 30 heavy (non-hydrogen) atoms. The fraction of sp³-hybridized carbons (Fsp3) is 0.158. The third-order valence-corrected chi connectivity index (χ3v) is 3.74. The second kappa shape index (κ2) is 9.16. The number of hydrogen-bond acceptors (Lipinski definition) is 5. The number of esters is 1. The van der Waals surface area contributed by atoms with E-state index in [1.807, 2.05) is 5.32 Å². The Morgan fingerprint density at radius 3 is 2.47 bits per heavy atom. The molecule has 0 bridgehead atoms. The van der Waals surface area contributed by atoms with Crippen LogP contribution in [0, 0.1) is 15.9 Å². The largest absolute Gasteiger partial charge is 0.449 e. The van der Waals surface area contributed by atoms with E-state index in [0.29, 0.717) is 0 Å². The van der Waals surface area contributed by atoms with Crippen molar-refractivity contribution in [3.8, 4) is 0 Å². The molecular formula is C19H14F4N2O5. The molecule has 0 heterocycles. The van der Waals surface area contributed by atoms with Gasteiger partial charge in [0.2, 0.25) is 0 Å². The molecule has 0 aromatic heterocycles. The second-order valence-corrected chi connectivity index (χ2v) is 5.91. The van der Waals surface area contributed by atoms with Crippen LogP contribution in [0.15, 0.2) is 48.5 Å². The monoisotopic (exact) mass is 426 g/mol.